The second-order valence-electron chi connectivity index (χ2n) is 6.78. The molecule has 10 heteroatoms. The van der Waals surface area contributed by atoms with E-state index in [1.807, 2.05) is 18.5 Å². The third-order valence-corrected chi connectivity index (χ3v) is 4.72. The molecule has 1 atom stereocenters. The molecule has 1 fully saturated rings. The maximum absolute atomic E-state index is 8.77. The lowest BCUT2D eigenvalue weighted by atomic mass is 10.2. The first-order valence-corrected chi connectivity index (χ1v) is 8.89. The Morgan fingerprint density at radius 2 is 1.89 bits per heavy atom. The molecular formula is C18H20N10. The molecule has 3 aromatic heterocycles. The Kier molecular flexibility index (Phi) is 4.82. The number of hydrogen-bond donors (Lipinski definition) is 1. The van der Waals surface area contributed by atoms with Crippen LogP contribution in [-0.4, -0.2) is 67.6 Å². The number of hydrogen-bond acceptors (Lipinski definition) is 9. The van der Waals surface area contributed by atoms with Crippen molar-refractivity contribution in [2.75, 3.05) is 37.4 Å². The van der Waals surface area contributed by atoms with Crippen molar-refractivity contribution < 1.29 is 0 Å². The SMILES string of the molecule is CN(C)C1CCN(c2cnc(-n3cnc(Nc4cnc(C#N)cn4)c3)nc2)C1. The first-order valence-electron chi connectivity index (χ1n) is 8.89. The lowest BCUT2D eigenvalue weighted by Gasteiger charge is -2.21. The van der Waals surface area contributed by atoms with E-state index in [-0.39, 0.29) is 5.69 Å². The summed E-state index contributed by atoms with van der Waals surface area (Å²) in [7, 11) is 4.23. The van der Waals surface area contributed by atoms with Crippen molar-refractivity contribution >= 4 is 17.3 Å². The Bertz CT molecular complexity index is 971. The van der Waals surface area contributed by atoms with Crippen molar-refractivity contribution in [1.29, 1.82) is 5.26 Å². The Morgan fingerprint density at radius 3 is 2.54 bits per heavy atom. The molecule has 0 amide bonds. The molecule has 0 bridgehead atoms. The number of anilines is 3. The lowest BCUT2D eigenvalue weighted by molar-refractivity contribution is 0.315. The van der Waals surface area contributed by atoms with Gasteiger partial charge in [0, 0.05) is 19.1 Å². The molecule has 0 saturated carbocycles. The van der Waals surface area contributed by atoms with Crippen molar-refractivity contribution in [3.05, 3.63) is 43.0 Å². The molecule has 1 saturated heterocycles. The van der Waals surface area contributed by atoms with E-state index < -0.39 is 0 Å². The number of nitrogens with one attached hydrogen (secondary N) is 1. The smallest absolute Gasteiger partial charge is 0.235 e. The molecule has 0 radical (unpaired) electrons. The van der Waals surface area contributed by atoms with E-state index in [1.54, 1.807) is 17.1 Å². The van der Waals surface area contributed by atoms with Crippen LogP contribution in [0.15, 0.2) is 37.3 Å². The van der Waals surface area contributed by atoms with Gasteiger partial charge in [0.05, 0.1) is 36.7 Å². The van der Waals surface area contributed by atoms with Crippen LogP contribution < -0.4 is 10.2 Å². The molecule has 0 aliphatic carbocycles. The highest BCUT2D eigenvalue weighted by Crippen LogP contribution is 2.21. The summed E-state index contributed by atoms with van der Waals surface area (Å²) in [4.78, 5) is 25.9. The number of aromatic nitrogens is 6. The molecule has 1 N–H and O–H groups in total. The fraction of sp³-hybridized carbons (Fsp3) is 0.333. The first kappa shape index (κ1) is 17.8. The van der Waals surface area contributed by atoms with Crippen LogP contribution in [0.1, 0.15) is 12.1 Å². The minimum Gasteiger partial charge on any atom is -0.367 e. The highest BCUT2D eigenvalue weighted by molar-refractivity contribution is 5.50. The summed E-state index contributed by atoms with van der Waals surface area (Å²) < 4.78 is 1.73. The molecular weight excluding hydrogens is 356 g/mol. The minimum atomic E-state index is 0.263. The Hall–Kier alpha value is -3.58. The van der Waals surface area contributed by atoms with Gasteiger partial charge in [-0.2, -0.15) is 5.26 Å². The van der Waals surface area contributed by atoms with Gasteiger partial charge in [-0.3, -0.25) is 4.57 Å². The van der Waals surface area contributed by atoms with Gasteiger partial charge in [-0.25, -0.2) is 24.9 Å². The van der Waals surface area contributed by atoms with E-state index in [4.69, 9.17) is 5.26 Å². The van der Waals surface area contributed by atoms with Crippen LogP contribution in [0.25, 0.3) is 5.95 Å². The number of imidazole rings is 1. The molecule has 0 aromatic carbocycles. The van der Waals surface area contributed by atoms with Crippen LogP contribution in [0.5, 0.6) is 0 Å². The van der Waals surface area contributed by atoms with Crippen LogP contribution in [0, 0.1) is 11.3 Å². The van der Waals surface area contributed by atoms with E-state index in [0.29, 0.717) is 23.6 Å². The predicted molar refractivity (Wildman–Crippen MR) is 103 cm³/mol. The van der Waals surface area contributed by atoms with Crippen LogP contribution in [0.4, 0.5) is 17.3 Å². The van der Waals surface area contributed by atoms with Gasteiger partial charge in [0.25, 0.3) is 0 Å². The zero-order valence-corrected chi connectivity index (χ0v) is 15.7. The molecule has 28 heavy (non-hydrogen) atoms. The normalized spacial score (nSPS) is 16.4. The highest BCUT2D eigenvalue weighted by Gasteiger charge is 2.24. The van der Waals surface area contributed by atoms with Gasteiger partial charge >= 0.3 is 0 Å². The van der Waals surface area contributed by atoms with Crippen molar-refractivity contribution in [3.8, 4) is 12.0 Å². The zero-order chi connectivity index (χ0) is 19.5. The monoisotopic (exact) mass is 376 g/mol. The van der Waals surface area contributed by atoms with Crippen LogP contribution >= 0.6 is 0 Å². The number of nitrogens with zero attached hydrogens (tertiary/aromatic N) is 9. The summed E-state index contributed by atoms with van der Waals surface area (Å²) in [5.41, 5.74) is 1.29. The topological polar surface area (TPSA) is 112 Å². The van der Waals surface area contributed by atoms with Gasteiger partial charge in [0.1, 0.15) is 24.0 Å². The molecule has 1 aliphatic heterocycles. The molecule has 1 aliphatic rings. The first-order chi connectivity index (χ1) is 13.6. The third-order valence-electron chi connectivity index (χ3n) is 4.72. The zero-order valence-electron chi connectivity index (χ0n) is 15.7. The van der Waals surface area contributed by atoms with Gasteiger partial charge < -0.3 is 15.1 Å². The summed E-state index contributed by atoms with van der Waals surface area (Å²) in [6, 6.07) is 2.49. The third kappa shape index (κ3) is 3.74. The number of nitriles is 1. The van der Waals surface area contributed by atoms with Crippen molar-refractivity contribution in [2.45, 2.75) is 12.5 Å². The summed E-state index contributed by atoms with van der Waals surface area (Å²) in [5, 5.41) is 11.8. The van der Waals surface area contributed by atoms with Crippen LogP contribution in [0.2, 0.25) is 0 Å². The average Bonchev–Trinajstić information content (AvgIpc) is 3.39. The van der Waals surface area contributed by atoms with E-state index in [1.165, 1.54) is 12.4 Å². The second-order valence-corrected chi connectivity index (χ2v) is 6.78. The summed E-state index contributed by atoms with van der Waals surface area (Å²) in [6.45, 7) is 2.00. The standard InChI is InChI=1S/C18H20N10/c1-26(2)14-3-4-27(10-14)15-7-22-18(23-8-15)28-11-17(24-12-28)25-16-9-20-13(5-19)6-21-16/h6-9,11-12,14H,3-4,10H2,1-2H3,(H,21,25). The van der Waals surface area contributed by atoms with E-state index in [2.05, 4.69) is 54.1 Å². The van der Waals surface area contributed by atoms with Crippen LogP contribution in [-0.2, 0) is 0 Å². The Morgan fingerprint density at radius 1 is 1.07 bits per heavy atom. The van der Waals surface area contributed by atoms with E-state index >= 15 is 0 Å². The molecule has 4 rings (SSSR count). The summed E-state index contributed by atoms with van der Waals surface area (Å²) >= 11 is 0. The van der Waals surface area contributed by atoms with Crippen molar-refractivity contribution in [1.82, 2.24) is 34.4 Å². The quantitative estimate of drug-likeness (QED) is 0.702. The Balaban J connectivity index is 1.43. The van der Waals surface area contributed by atoms with Crippen molar-refractivity contribution in [3.63, 3.8) is 0 Å². The maximum Gasteiger partial charge on any atom is 0.235 e. The van der Waals surface area contributed by atoms with Crippen molar-refractivity contribution in [2.24, 2.45) is 0 Å². The van der Waals surface area contributed by atoms with Gasteiger partial charge in [-0.1, -0.05) is 0 Å². The minimum absolute atomic E-state index is 0.263. The molecule has 3 aromatic rings. The summed E-state index contributed by atoms with van der Waals surface area (Å²) in [5.74, 6) is 1.63. The molecule has 10 nitrogen and oxygen atoms in total. The largest absolute Gasteiger partial charge is 0.367 e. The van der Waals surface area contributed by atoms with Gasteiger partial charge in [0.2, 0.25) is 5.95 Å². The highest BCUT2D eigenvalue weighted by atomic mass is 15.3. The average molecular weight is 376 g/mol. The van der Waals surface area contributed by atoms with Gasteiger partial charge in [-0.15, -0.1) is 0 Å². The fourth-order valence-corrected chi connectivity index (χ4v) is 3.09. The lowest BCUT2D eigenvalue weighted by Crippen LogP contribution is -2.31. The number of likely N-dealkylation sites (N-methyl/N-ethyl adjacent to an activating group) is 1. The Labute approximate surface area is 162 Å². The molecule has 4 heterocycles. The summed E-state index contributed by atoms with van der Waals surface area (Å²) in [6.07, 6.45) is 11.1. The fourth-order valence-electron chi connectivity index (χ4n) is 3.09. The number of rotatable bonds is 5. The molecule has 0 spiro atoms. The predicted octanol–water partition coefficient (Wildman–Crippen LogP) is 1.21. The van der Waals surface area contributed by atoms with Crippen LogP contribution in [0.3, 0.4) is 0 Å². The van der Waals surface area contributed by atoms with Gasteiger partial charge in [0.15, 0.2) is 5.69 Å². The molecule has 1 unspecified atom stereocenters. The van der Waals surface area contributed by atoms with E-state index in [9.17, 15) is 0 Å². The molecule has 142 valence electrons. The van der Waals surface area contributed by atoms with E-state index in [0.717, 1.165) is 25.2 Å². The van der Waals surface area contributed by atoms with Gasteiger partial charge in [-0.05, 0) is 20.5 Å². The second kappa shape index (κ2) is 7.58. The maximum atomic E-state index is 8.77.